The summed E-state index contributed by atoms with van der Waals surface area (Å²) in [5, 5.41) is 60.3. The summed E-state index contributed by atoms with van der Waals surface area (Å²) >= 11 is 0. The number of amides is 11. The Labute approximate surface area is 813 Å². The minimum Gasteiger partial charge on any atom is -0.378 e. The van der Waals surface area contributed by atoms with Crippen molar-refractivity contribution in [2.45, 2.75) is 70.8 Å². The van der Waals surface area contributed by atoms with Crippen LogP contribution < -0.4 is 58.1 Å². The van der Waals surface area contributed by atoms with Gasteiger partial charge in [-0.05, 0) is 227 Å². The predicted molar refractivity (Wildman–Crippen MR) is 545 cm³/mol. The van der Waals surface area contributed by atoms with Gasteiger partial charge in [0.05, 0.1) is 116 Å². The van der Waals surface area contributed by atoms with Crippen molar-refractivity contribution in [2.24, 2.45) is 29.6 Å². The minimum absolute atomic E-state index is 0.0123. The third-order valence-corrected chi connectivity index (χ3v) is 24.7. The molecule has 716 valence electrons. The molecule has 36 nitrogen and oxygen atoms in total. The number of fused-ring (bicyclic) bond motifs is 4. The van der Waals surface area contributed by atoms with Crippen molar-refractivity contribution in [1.29, 1.82) is 0 Å². The number of aromatic amines is 4. The number of anilines is 11. The maximum Gasteiger partial charge on any atom is 0.321 e. The summed E-state index contributed by atoms with van der Waals surface area (Å²) in [6.07, 6.45) is 23.0. The van der Waals surface area contributed by atoms with Crippen LogP contribution in [0.4, 0.5) is 67.4 Å². The number of morpholine rings is 1. The first-order valence-electron chi connectivity index (χ1n) is 46.9. The number of pyridine rings is 4. The molecule has 142 heavy (non-hydrogen) atoms. The fraction of sp³-hybridized carbons (Fsp3) is 0.226. The van der Waals surface area contributed by atoms with Gasteiger partial charge in [0.1, 0.15) is 0 Å². The molecule has 8 aromatic carbocycles. The van der Waals surface area contributed by atoms with Crippen molar-refractivity contribution >= 4 is 165 Å². The molecule has 5 aliphatic carbocycles. The van der Waals surface area contributed by atoms with Gasteiger partial charge < -0.3 is 72.6 Å². The molecule has 0 spiro atoms. The van der Waals surface area contributed by atoms with Gasteiger partial charge in [-0.1, -0.05) is 72.8 Å². The first-order valence-corrected chi connectivity index (χ1v) is 46.9. The van der Waals surface area contributed by atoms with Crippen molar-refractivity contribution in [3.05, 3.63) is 272 Å². The van der Waals surface area contributed by atoms with Crippen molar-refractivity contribution in [3.8, 4) is 44.5 Å². The van der Waals surface area contributed by atoms with Gasteiger partial charge in [-0.15, -0.1) is 0 Å². The van der Waals surface area contributed by atoms with Gasteiger partial charge in [0, 0.05) is 138 Å². The molecule has 0 bridgehead atoms. The number of benzene rings is 8. The van der Waals surface area contributed by atoms with E-state index >= 15 is 0 Å². The number of carbonyl (C=O) groups excluding carboxylic acids is 10. The van der Waals surface area contributed by atoms with E-state index in [1.165, 1.54) is 4.90 Å². The number of aromatic nitrogens is 12. The molecule has 0 unspecified atom stereocenters. The maximum atomic E-state index is 13.2. The molecule has 6 aliphatic rings. The number of ether oxygens (including phenoxy) is 1. The van der Waals surface area contributed by atoms with Gasteiger partial charge in [-0.25, -0.2) is 4.79 Å². The lowest BCUT2D eigenvalue weighted by molar-refractivity contribution is -0.118. The molecule has 22 rings (SSSR count). The van der Waals surface area contributed by atoms with E-state index in [9.17, 15) is 47.9 Å². The van der Waals surface area contributed by atoms with E-state index in [0.717, 1.165) is 151 Å². The second-order valence-electron chi connectivity index (χ2n) is 36.2. The number of hydrogen-bond acceptors (Lipinski definition) is 21. The van der Waals surface area contributed by atoms with E-state index in [0.29, 0.717) is 103 Å². The molecule has 16 aromatic rings. The first kappa shape index (κ1) is 93.5. The monoisotopic (exact) mass is 1900 g/mol. The third kappa shape index (κ3) is 22.8. The Hall–Kier alpha value is -17.5. The van der Waals surface area contributed by atoms with Crippen LogP contribution in [0.2, 0.25) is 0 Å². The van der Waals surface area contributed by atoms with Gasteiger partial charge in [-0.3, -0.25) is 83.5 Å². The highest BCUT2D eigenvalue weighted by atomic mass is 16.5. The molecule has 11 amide bonds. The number of rotatable bonds is 26. The van der Waals surface area contributed by atoms with E-state index < -0.39 is 11.8 Å². The number of urea groups is 1. The van der Waals surface area contributed by atoms with Gasteiger partial charge >= 0.3 is 6.03 Å². The summed E-state index contributed by atoms with van der Waals surface area (Å²) in [7, 11) is 7.35. The third-order valence-electron chi connectivity index (χ3n) is 24.7. The largest absolute Gasteiger partial charge is 0.378 e. The summed E-state index contributed by atoms with van der Waals surface area (Å²) in [6, 6.07) is 59.1. The lowest BCUT2D eigenvalue weighted by atomic mass is 10.0. The Kier molecular flexibility index (Phi) is 27.5. The maximum absolute atomic E-state index is 13.2. The van der Waals surface area contributed by atoms with Crippen molar-refractivity contribution in [2.75, 3.05) is 113 Å². The van der Waals surface area contributed by atoms with E-state index in [1.807, 2.05) is 154 Å². The van der Waals surface area contributed by atoms with Crippen LogP contribution in [0.1, 0.15) is 112 Å². The number of H-pyrrole nitrogens is 4. The lowest BCUT2D eigenvalue weighted by Gasteiger charge is -2.28. The quantitative estimate of drug-likeness (QED) is 0.0239. The molecule has 9 heterocycles. The van der Waals surface area contributed by atoms with Crippen molar-refractivity contribution in [3.63, 3.8) is 0 Å². The zero-order chi connectivity index (χ0) is 98.0. The highest BCUT2D eigenvalue weighted by molar-refractivity contribution is 6.17. The smallest absolute Gasteiger partial charge is 0.321 e. The van der Waals surface area contributed by atoms with Crippen LogP contribution in [-0.4, -0.2) is 184 Å². The Balaban J connectivity index is 0.000000120. The molecule has 1 saturated heterocycles. The topological polar surface area (TPSA) is 476 Å². The molecule has 1 aliphatic heterocycles. The number of para-hydroxylation sites is 8. The highest BCUT2D eigenvalue weighted by Gasteiger charge is 2.35. The van der Waals surface area contributed by atoms with Gasteiger partial charge in [0.2, 0.25) is 29.5 Å². The fourth-order valence-corrected chi connectivity index (χ4v) is 16.2. The molecular weight excluding hydrogens is 1800 g/mol. The number of hydrogen-bond donors (Lipinski definition) is 14. The minimum atomic E-state index is -0.406. The van der Waals surface area contributed by atoms with E-state index in [4.69, 9.17) is 4.74 Å². The molecule has 14 N–H and O–H groups in total. The van der Waals surface area contributed by atoms with Crippen LogP contribution in [0, 0.1) is 29.6 Å². The van der Waals surface area contributed by atoms with Crippen LogP contribution in [0.25, 0.3) is 88.1 Å². The second-order valence-corrected chi connectivity index (χ2v) is 36.2. The van der Waals surface area contributed by atoms with Crippen LogP contribution in [0.15, 0.2) is 244 Å². The van der Waals surface area contributed by atoms with Gasteiger partial charge in [0.25, 0.3) is 23.6 Å². The van der Waals surface area contributed by atoms with E-state index in [-0.39, 0.29) is 99.7 Å². The lowest BCUT2D eigenvalue weighted by Crippen LogP contribution is -2.36. The standard InChI is InChI=1S/C27H26N6O3.C27H24N6O3.C26H25N7O3.C26H26N6O2/c34-26(17-5-6-17)29-23-3-1-2-4-24(23)30-27(35)25-21-14-18(7-8-22(21)31-32-25)19-13-20(16-28-15-19)33-9-11-36-12-10-33;34-25(15-5-6-15)29-19-11-18(13-28-14-19)17-9-10-21-20(12-17)24(33-32-21)27(36)31-23-4-2-1-3-22(23)30-26(35)16-7-8-16;1-33(2)26(36)28-18-11-17(13-27-14-18)16-9-10-20-19(12-16)23(32-31-20)25(35)30-22-6-4-3-5-21(22)29-24(34)15-7-8-15;1-32(2)15-16-11-19(14-27-13-16)18-9-10-21-20(12-18)24(31-30-21)26(34)29-23-6-4-3-5-22(23)28-25(33)17-7-8-17/h1-4,7-8,13-17H,5-6,9-12H2,(H,29,34)(H,30,35)(H,31,32);1-4,9-16H,5-8H2,(H,29,34)(H,30,35)(H,31,36)(H,32,33);3-6,9-15H,7-8H2,1-2H3,(H,28,36)(H,29,34)(H,30,35)(H,31,32);3-6,9-14,17H,7-8,15H2,1-2H3,(H,28,33)(H,29,34)(H,30,31). The van der Waals surface area contributed by atoms with Gasteiger partial charge in [-0.2, -0.15) is 20.4 Å². The second kappa shape index (κ2) is 41.8. The SMILES string of the molecule is CN(C)C(=O)Nc1cncc(-c2ccc3[nH]nc(C(=O)Nc4ccccc4NC(=O)C4CC4)c3c2)c1.CN(C)Cc1cncc(-c2ccc3[nH]nc(C(=O)Nc4ccccc4NC(=O)C4CC4)c3c2)c1.O=C(Nc1ccccc1NC(=O)C1CC1)c1n[nH]c2ccc(-c3cncc(N4CCOCC4)c3)cc12.O=C(Nc1ccccc1NC(=O)C1CC1)c1n[nH]c2ccc(-c3cncc(NC(=O)C4CC4)c3)cc12. The summed E-state index contributed by atoms with van der Waals surface area (Å²) < 4.78 is 5.46. The van der Waals surface area contributed by atoms with E-state index in [2.05, 4.69) is 136 Å². The normalized spacial score (nSPS) is 14.1. The number of nitrogens with one attached hydrogen (secondary N) is 14. The van der Waals surface area contributed by atoms with Crippen LogP contribution in [0.3, 0.4) is 0 Å². The molecule has 5 saturated carbocycles. The summed E-state index contributed by atoms with van der Waals surface area (Å²) in [5.41, 5.74) is 18.7. The summed E-state index contributed by atoms with van der Waals surface area (Å²) in [4.78, 5) is 149. The van der Waals surface area contributed by atoms with Crippen LogP contribution in [-0.2, 0) is 35.3 Å². The zero-order valence-corrected chi connectivity index (χ0v) is 78.0. The Morgan fingerprint density at radius 1 is 0.310 bits per heavy atom. The molecule has 0 radical (unpaired) electrons. The molecule has 0 atom stereocenters. The first-order chi connectivity index (χ1) is 69.1. The molecule has 6 fully saturated rings. The van der Waals surface area contributed by atoms with Gasteiger partial charge in [0.15, 0.2) is 22.8 Å². The summed E-state index contributed by atoms with van der Waals surface area (Å²) in [5.74, 6) is -1.24. The van der Waals surface area contributed by atoms with Crippen LogP contribution in [0.5, 0.6) is 0 Å². The average Bonchev–Trinajstić information content (AvgIpc) is 1.81. The summed E-state index contributed by atoms with van der Waals surface area (Å²) in [6.45, 7) is 3.87. The molecule has 8 aromatic heterocycles. The highest BCUT2D eigenvalue weighted by Crippen LogP contribution is 2.40. The Bertz CT molecular complexity index is 7330. The predicted octanol–water partition coefficient (Wildman–Crippen LogP) is 17.2. The van der Waals surface area contributed by atoms with Crippen molar-refractivity contribution < 1.29 is 52.7 Å². The average molecular weight is 1900 g/mol. The van der Waals surface area contributed by atoms with Crippen LogP contribution >= 0.6 is 0 Å². The molecular formula is C106H101N25O11. The Morgan fingerprint density at radius 3 is 0.901 bits per heavy atom. The number of nitrogens with zero attached hydrogens (tertiary/aromatic N) is 11. The zero-order valence-electron chi connectivity index (χ0n) is 78.0. The van der Waals surface area contributed by atoms with Crippen molar-refractivity contribution in [1.82, 2.24) is 70.5 Å². The number of carbonyl (C=O) groups is 10. The fourth-order valence-electron chi connectivity index (χ4n) is 16.2. The van der Waals surface area contributed by atoms with E-state index in [1.54, 1.807) is 106 Å². The molecule has 36 heteroatoms. The Morgan fingerprint density at radius 2 is 0.592 bits per heavy atom.